The fourth-order valence-electron chi connectivity index (χ4n) is 2.72. The Hall–Kier alpha value is -0.960. The van der Waals surface area contributed by atoms with Crippen LogP contribution in [0.1, 0.15) is 37.6 Å². The first-order chi connectivity index (χ1) is 9.95. The second-order valence-electron chi connectivity index (χ2n) is 5.58. The van der Waals surface area contributed by atoms with Gasteiger partial charge in [0.05, 0.1) is 12.3 Å². The molecule has 0 aromatic carbocycles. The smallest absolute Gasteiger partial charge is 0.244 e. The van der Waals surface area contributed by atoms with Crippen LogP contribution >= 0.6 is 0 Å². The first-order valence-electron chi connectivity index (χ1n) is 7.34. The summed E-state index contributed by atoms with van der Waals surface area (Å²) in [6.45, 7) is 5.67. The van der Waals surface area contributed by atoms with Crippen LogP contribution in [0.4, 0.5) is 0 Å². The molecule has 0 saturated carbocycles. The molecule has 0 spiro atoms. The van der Waals surface area contributed by atoms with Gasteiger partial charge in [0.15, 0.2) is 0 Å². The van der Waals surface area contributed by atoms with E-state index in [0.29, 0.717) is 12.2 Å². The molecule has 1 aromatic heterocycles. The lowest BCUT2D eigenvalue weighted by atomic mass is 10.1. The van der Waals surface area contributed by atoms with Crippen LogP contribution < -0.4 is 4.72 Å². The summed E-state index contributed by atoms with van der Waals surface area (Å²) in [5.74, 6) is 0. The molecule has 1 aromatic rings. The number of aryl methyl sites for hydroxylation is 1. The van der Waals surface area contributed by atoms with E-state index in [9.17, 15) is 13.5 Å². The van der Waals surface area contributed by atoms with E-state index in [-0.39, 0.29) is 16.6 Å². The van der Waals surface area contributed by atoms with Crippen molar-refractivity contribution >= 4 is 10.0 Å². The highest BCUT2D eigenvalue weighted by Crippen LogP contribution is 2.18. The van der Waals surface area contributed by atoms with Crippen molar-refractivity contribution in [1.82, 2.24) is 19.8 Å². The molecule has 1 unspecified atom stereocenters. The molecule has 2 heterocycles. The van der Waals surface area contributed by atoms with Crippen molar-refractivity contribution in [2.75, 3.05) is 19.6 Å². The molecular formula is C13H24N4O3S. The molecule has 1 aliphatic rings. The Morgan fingerprint density at radius 2 is 2.05 bits per heavy atom. The summed E-state index contributed by atoms with van der Waals surface area (Å²) in [4.78, 5) is 2.37. The van der Waals surface area contributed by atoms with E-state index in [1.165, 1.54) is 19.3 Å². The van der Waals surface area contributed by atoms with Gasteiger partial charge in [-0.25, -0.2) is 13.1 Å². The van der Waals surface area contributed by atoms with Crippen molar-refractivity contribution in [3.8, 4) is 0 Å². The number of piperidine rings is 1. The molecule has 1 aliphatic heterocycles. The van der Waals surface area contributed by atoms with Crippen molar-refractivity contribution in [3.63, 3.8) is 0 Å². The van der Waals surface area contributed by atoms with Crippen molar-refractivity contribution in [3.05, 3.63) is 11.4 Å². The maximum absolute atomic E-state index is 12.4. The minimum Gasteiger partial charge on any atom is -0.390 e. The fourth-order valence-corrected chi connectivity index (χ4v) is 4.20. The molecular weight excluding hydrogens is 292 g/mol. The maximum Gasteiger partial charge on any atom is 0.244 e. The van der Waals surface area contributed by atoms with Crippen LogP contribution in [0.15, 0.2) is 4.90 Å². The molecule has 1 fully saturated rings. The number of aliphatic hydroxyl groups is 1. The molecule has 3 N–H and O–H groups in total. The Kier molecular flexibility index (Phi) is 5.37. The van der Waals surface area contributed by atoms with E-state index in [0.717, 1.165) is 13.1 Å². The molecule has 120 valence electrons. The van der Waals surface area contributed by atoms with Crippen molar-refractivity contribution in [2.24, 2.45) is 0 Å². The van der Waals surface area contributed by atoms with Gasteiger partial charge in [-0.05, 0) is 39.8 Å². The Balaban J connectivity index is 2.02. The fraction of sp³-hybridized carbons (Fsp3) is 0.769. The number of hydrogen-bond donors (Lipinski definition) is 3. The lowest BCUT2D eigenvalue weighted by molar-refractivity contribution is 0.175. The summed E-state index contributed by atoms with van der Waals surface area (Å²) >= 11 is 0. The monoisotopic (exact) mass is 316 g/mol. The molecule has 0 radical (unpaired) electrons. The largest absolute Gasteiger partial charge is 0.390 e. The Morgan fingerprint density at radius 3 is 2.67 bits per heavy atom. The number of aromatic amines is 1. The van der Waals surface area contributed by atoms with Gasteiger partial charge in [0.25, 0.3) is 0 Å². The summed E-state index contributed by atoms with van der Waals surface area (Å²) in [6.07, 6.45) is 3.60. The molecule has 0 amide bonds. The van der Waals surface area contributed by atoms with Gasteiger partial charge in [-0.2, -0.15) is 5.10 Å². The molecule has 8 heteroatoms. The number of H-pyrrole nitrogens is 1. The zero-order chi connectivity index (χ0) is 15.5. The number of hydrogen-bond acceptors (Lipinski definition) is 5. The van der Waals surface area contributed by atoms with Crippen LogP contribution in [0.5, 0.6) is 0 Å². The number of likely N-dealkylation sites (tertiary alicyclic amines) is 1. The van der Waals surface area contributed by atoms with Crippen molar-refractivity contribution in [2.45, 2.75) is 50.7 Å². The molecule has 0 bridgehead atoms. The van der Waals surface area contributed by atoms with Gasteiger partial charge in [-0.1, -0.05) is 6.42 Å². The average Bonchev–Trinajstić information content (AvgIpc) is 2.87. The van der Waals surface area contributed by atoms with Gasteiger partial charge in [0, 0.05) is 12.6 Å². The predicted octanol–water partition coefficient (Wildman–Crippen LogP) is 0.363. The van der Waals surface area contributed by atoms with Crippen LogP contribution in [0.3, 0.4) is 0 Å². The summed E-state index contributed by atoms with van der Waals surface area (Å²) in [6, 6.07) is 0.157. The van der Waals surface area contributed by atoms with Crippen LogP contribution in [0, 0.1) is 6.92 Å². The molecule has 2 rings (SSSR count). The first kappa shape index (κ1) is 16.4. The van der Waals surface area contributed by atoms with Gasteiger partial charge in [-0.3, -0.25) is 10.00 Å². The minimum absolute atomic E-state index is 0.0656. The summed E-state index contributed by atoms with van der Waals surface area (Å²) in [5.41, 5.74) is 0.600. The predicted molar refractivity (Wildman–Crippen MR) is 79.3 cm³/mol. The summed E-state index contributed by atoms with van der Waals surface area (Å²) < 4.78 is 27.4. The summed E-state index contributed by atoms with van der Waals surface area (Å²) in [7, 11) is -3.65. The van der Waals surface area contributed by atoms with E-state index < -0.39 is 16.6 Å². The lowest BCUT2D eigenvalue weighted by Crippen LogP contribution is -2.44. The molecule has 21 heavy (non-hydrogen) atoms. The number of aliphatic hydroxyl groups excluding tert-OH is 1. The van der Waals surface area contributed by atoms with Gasteiger partial charge in [-0.15, -0.1) is 0 Å². The second-order valence-corrected chi connectivity index (χ2v) is 7.28. The zero-order valence-corrected chi connectivity index (χ0v) is 13.4. The van der Waals surface area contributed by atoms with Crippen LogP contribution in [0.25, 0.3) is 0 Å². The van der Waals surface area contributed by atoms with Gasteiger partial charge >= 0.3 is 0 Å². The van der Waals surface area contributed by atoms with Gasteiger partial charge < -0.3 is 5.11 Å². The Morgan fingerprint density at radius 1 is 1.38 bits per heavy atom. The first-order valence-corrected chi connectivity index (χ1v) is 8.82. The van der Waals surface area contributed by atoms with Gasteiger partial charge in [0.1, 0.15) is 10.6 Å². The van der Waals surface area contributed by atoms with E-state index in [1.54, 1.807) is 6.92 Å². The third-order valence-corrected chi connectivity index (χ3v) is 5.59. The van der Waals surface area contributed by atoms with Crippen LogP contribution in [-0.2, 0) is 16.6 Å². The number of aromatic nitrogens is 2. The van der Waals surface area contributed by atoms with Crippen molar-refractivity contribution in [1.29, 1.82) is 0 Å². The zero-order valence-electron chi connectivity index (χ0n) is 12.6. The number of sulfonamides is 1. The number of nitrogens with zero attached hydrogens (tertiary/aromatic N) is 2. The molecule has 0 aliphatic carbocycles. The van der Waals surface area contributed by atoms with E-state index >= 15 is 0 Å². The van der Waals surface area contributed by atoms with Crippen LogP contribution in [-0.4, -0.2) is 54.3 Å². The SMILES string of the molecule is Cc1[nH]nc(CO)c1S(=O)(=O)NCC(C)N1CCCCC1. The minimum atomic E-state index is -3.65. The third kappa shape index (κ3) is 3.82. The van der Waals surface area contributed by atoms with E-state index in [2.05, 4.69) is 19.8 Å². The number of nitrogens with one attached hydrogen (secondary N) is 2. The van der Waals surface area contributed by atoms with E-state index in [1.807, 2.05) is 6.92 Å². The average molecular weight is 316 g/mol. The Bertz CT molecular complexity index is 564. The van der Waals surface area contributed by atoms with Crippen molar-refractivity contribution < 1.29 is 13.5 Å². The topological polar surface area (TPSA) is 98.3 Å². The highest BCUT2D eigenvalue weighted by atomic mass is 32.2. The Labute approximate surface area is 125 Å². The van der Waals surface area contributed by atoms with Crippen LogP contribution in [0.2, 0.25) is 0 Å². The molecule has 1 saturated heterocycles. The number of rotatable bonds is 6. The summed E-state index contributed by atoms with van der Waals surface area (Å²) in [5, 5.41) is 15.6. The lowest BCUT2D eigenvalue weighted by Gasteiger charge is -2.32. The standard InChI is InChI=1S/C13H24N4O3S/c1-10(17-6-4-3-5-7-17)8-14-21(19,20)13-11(2)15-16-12(13)9-18/h10,14,18H,3-9H2,1-2H3,(H,15,16). The molecule has 7 nitrogen and oxygen atoms in total. The normalized spacial score (nSPS) is 18.8. The maximum atomic E-state index is 12.4. The highest BCUT2D eigenvalue weighted by molar-refractivity contribution is 7.89. The third-order valence-electron chi connectivity index (χ3n) is 3.96. The highest BCUT2D eigenvalue weighted by Gasteiger charge is 2.25. The van der Waals surface area contributed by atoms with Gasteiger partial charge in [0.2, 0.25) is 10.0 Å². The second kappa shape index (κ2) is 6.87. The quantitative estimate of drug-likeness (QED) is 0.704. The molecule has 1 atom stereocenters. The van der Waals surface area contributed by atoms with E-state index in [4.69, 9.17) is 0 Å².